The van der Waals surface area contributed by atoms with Crippen LogP contribution in [-0.2, 0) is 14.1 Å². The predicted molar refractivity (Wildman–Crippen MR) is 88.7 cm³/mol. The molecule has 2 aromatic rings. The van der Waals surface area contributed by atoms with Crippen LogP contribution in [0.5, 0.6) is 0 Å². The molecule has 2 aromatic heterocycles. The van der Waals surface area contributed by atoms with E-state index in [0.29, 0.717) is 12.5 Å². The topological polar surface area (TPSA) is 97.9 Å². The zero-order chi connectivity index (χ0) is 17.0. The Balaban J connectivity index is 2.15. The highest BCUT2D eigenvalue weighted by molar-refractivity contribution is 5.69. The lowest BCUT2D eigenvalue weighted by atomic mass is 10.3. The van der Waals surface area contributed by atoms with Crippen LogP contribution in [-0.4, -0.2) is 55.4 Å². The van der Waals surface area contributed by atoms with Gasteiger partial charge in [-0.15, -0.1) is 10.2 Å². The fourth-order valence-electron chi connectivity index (χ4n) is 2.37. The summed E-state index contributed by atoms with van der Waals surface area (Å²) in [7, 11) is 2.96. The van der Waals surface area contributed by atoms with Crippen LogP contribution in [0.25, 0.3) is 11.2 Å². The Morgan fingerprint density at radius 1 is 1.09 bits per heavy atom. The smallest absolute Gasteiger partial charge is 0.332 e. The lowest BCUT2D eigenvalue weighted by molar-refractivity contribution is 0.303. The van der Waals surface area contributed by atoms with Gasteiger partial charge in [0.25, 0.3) is 5.56 Å². The van der Waals surface area contributed by atoms with E-state index in [2.05, 4.69) is 39.2 Å². The van der Waals surface area contributed by atoms with Gasteiger partial charge in [0.05, 0.1) is 0 Å². The van der Waals surface area contributed by atoms with Crippen LogP contribution in [0.1, 0.15) is 20.3 Å². The number of hydrogen-bond acceptors (Lipinski definition) is 7. The first kappa shape index (κ1) is 17.1. The van der Waals surface area contributed by atoms with E-state index in [9.17, 15) is 9.59 Å². The lowest BCUT2D eigenvalue weighted by Crippen LogP contribution is -2.38. The fourth-order valence-corrected chi connectivity index (χ4v) is 2.37. The van der Waals surface area contributed by atoms with Crippen LogP contribution in [0.3, 0.4) is 0 Å². The van der Waals surface area contributed by atoms with Crippen molar-refractivity contribution in [1.82, 2.24) is 29.2 Å². The Morgan fingerprint density at radius 3 is 2.43 bits per heavy atom. The second kappa shape index (κ2) is 7.32. The third kappa shape index (κ3) is 3.55. The summed E-state index contributed by atoms with van der Waals surface area (Å²) >= 11 is 0. The zero-order valence-corrected chi connectivity index (χ0v) is 14.0. The molecule has 1 N–H and O–H groups in total. The minimum absolute atomic E-state index is 0.135. The summed E-state index contributed by atoms with van der Waals surface area (Å²) < 4.78 is 2.28. The van der Waals surface area contributed by atoms with E-state index in [0.717, 1.165) is 30.6 Å². The van der Waals surface area contributed by atoms with Gasteiger partial charge < -0.3 is 10.2 Å². The molecule has 0 aliphatic heterocycles. The van der Waals surface area contributed by atoms with E-state index in [1.165, 1.54) is 18.7 Å². The molecule has 2 rings (SSSR count). The van der Waals surface area contributed by atoms with E-state index < -0.39 is 11.2 Å². The van der Waals surface area contributed by atoms with Crippen molar-refractivity contribution >= 4 is 17.1 Å². The van der Waals surface area contributed by atoms with Crippen LogP contribution in [0, 0.1) is 0 Å². The van der Waals surface area contributed by atoms with Gasteiger partial charge in [0.2, 0.25) is 5.95 Å². The highest BCUT2D eigenvalue weighted by atomic mass is 16.2. The summed E-state index contributed by atoms with van der Waals surface area (Å²) in [5.41, 5.74) is -0.592. The average molecular weight is 321 g/mol. The van der Waals surface area contributed by atoms with Gasteiger partial charge in [-0.05, 0) is 26.1 Å². The molecule has 0 spiro atoms. The minimum atomic E-state index is -0.468. The molecule has 0 atom stereocenters. The van der Waals surface area contributed by atoms with Crippen molar-refractivity contribution in [3.8, 4) is 0 Å². The summed E-state index contributed by atoms with van der Waals surface area (Å²) in [5.74, 6) is 0.299. The Bertz CT molecular complexity index is 792. The number of nitrogens with zero attached hydrogens (tertiary/aromatic N) is 6. The van der Waals surface area contributed by atoms with Gasteiger partial charge >= 0.3 is 5.69 Å². The number of hydrogen-bond donors (Lipinski definition) is 1. The number of rotatable bonds is 7. The van der Waals surface area contributed by atoms with Crippen LogP contribution in [0.15, 0.2) is 9.59 Å². The summed E-state index contributed by atoms with van der Waals surface area (Å²) in [4.78, 5) is 30.5. The Labute approximate surface area is 134 Å². The van der Waals surface area contributed by atoms with E-state index in [1.54, 1.807) is 0 Å². The molecular formula is C14H23N7O2. The molecule has 0 saturated carbocycles. The molecule has 0 aliphatic carbocycles. The van der Waals surface area contributed by atoms with Gasteiger partial charge in [-0.25, -0.2) is 9.78 Å². The summed E-state index contributed by atoms with van der Waals surface area (Å²) in [6.07, 6.45) is 0.939. The molecule has 9 nitrogen and oxygen atoms in total. The van der Waals surface area contributed by atoms with Gasteiger partial charge in [-0.2, -0.15) is 0 Å². The van der Waals surface area contributed by atoms with Gasteiger partial charge in [0.15, 0.2) is 11.2 Å². The lowest BCUT2D eigenvalue weighted by Gasteiger charge is -2.17. The number of aromatic nitrogens is 5. The SMILES string of the molecule is CCN(CC)CCCNc1nnc2c(n1)c(=O)n(C)c(=O)n2C. The minimum Gasteiger partial charge on any atom is -0.353 e. The number of anilines is 1. The van der Waals surface area contributed by atoms with Gasteiger partial charge in [0, 0.05) is 20.6 Å². The number of aryl methyl sites for hydroxylation is 1. The molecule has 0 saturated heterocycles. The Morgan fingerprint density at radius 2 is 1.78 bits per heavy atom. The second-order valence-electron chi connectivity index (χ2n) is 5.32. The zero-order valence-electron chi connectivity index (χ0n) is 14.0. The van der Waals surface area contributed by atoms with Crippen molar-refractivity contribution in [3.05, 3.63) is 20.8 Å². The first-order chi connectivity index (χ1) is 11.0. The maximum absolute atomic E-state index is 12.1. The molecule has 9 heteroatoms. The highest BCUT2D eigenvalue weighted by Crippen LogP contribution is 2.03. The highest BCUT2D eigenvalue weighted by Gasteiger charge is 2.12. The summed E-state index contributed by atoms with van der Waals surface area (Å²) in [5, 5.41) is 11.0. The molecule has 0 amide bonds. The maximum atomic E-state index is 12.1. The van der Waals surface area contributed by atoms with Gasteiger partial charge in [0.1, 0.15) is 0 Å². The molecule has 0 radical (unpaired) electrons. The number of nitrogens with one attached hydrogen (secondary N) is 1. The molecule has 0 bridgehead atoms. The quantitative estimate of drug-likeness (QED) is 0.691. The first-order valence-electron chi connectivity index (χ1n) is 7.76. The third-order valence-corrected chi connectivity index (χ3v) is 3.90. The normalized spacial score (nSPS) is 11.3. The van der Waals surface area contributed by atoms with Crippen molar-refractivity contribution in [2.75, 3.05) is 31.5 Å². The molecule has 0 aromatic carbocycles. The van der Waals surface area contributed by atoms with Crippen LogP contribution >= 0.6 is 0 Å². The van der Waals surface area contributed by atoms with Crippen LogP contribution in [0.2, 0.25) is 0 Å². The Kier molecular flexibility index (Phi) is 5.43. The summed E-state index contributed by atoms with van der Waals surface area (Å²) in [6.45, 7) is 7.98. The van der Waals surface area contributed by atoms with E-state index in [-0.39, 0.29) is 11.2 Å². The predicted octanol–water partition coefficient (Wildman–Crippen LogP) is -0.434. The second-order valence-corrected chi connectivity index (χ2v) is 5.32. The van der Waals surface area contributed by atoms with Crippen molar-refractivity contribution in [2.24, 2.45) is 14.1 Å². The molecule has 2 heterocycles. The first-order valence-corrected chi connectivity index (χ1v) is 7.76. The maximum Gasteiger partial charge on any atom is 0.332 e. The monoisotopic (exact) mass is 321 g/mol. The van der Waals surface area contributed by atoms with E-state index in [4.69, 9.17) is 0 Å². The summed E-state index contributed by atoms with van der Waals surface area (Å²) in [6, 6.07) is 0. The molecule has 0 unspecified atom stereocenters. The van der Waals surface area contributed by atoms with Crippen LogP contribution in [0.4, 0.5) is 5.95 Å². The van der Waals surface area contributed by atoms with Crippen molar-refractivity contribution < 1.29 is 0 Å². The third-order valence-electron chi connectivity index (χ3n) is 3.90. The standard InChI is InChI=1S/C14H23N7O2/c1-5-21(6-2)9-7-8-15-13-16-10-11(17-18-13)19(3)14(23)20(4)12(10)22/h5-9H2,1-4H3,(H,15,16,18). The number of fused-ring (bicyclic) bond motifs is 1. The molecule has 23 heavy (non-hydrogen) atoms. The van der Waals surface area contributed by atoms with Gasteiger partial charge in [-0.3, -0.25) is 13.9 Å². The van der Waals surface area contributed by atoms with E-state index >= 15 is 0 Å². The van der Waals surface area contributed by atoms with E-state index in [1.807, 2.05) is 0 Å². The van der Waals surface area contributed by atoms with Crippen molar-refractivity contribution in [2.45, 2.75) is 20.3 Å². The van der Waals surface area contributed by atoms with Crippen LogP contribution < -0.4 is 16.6 Å². The molecule has 126 valence electrons. The molecule has 0 fully saturated rings. The van der Waals surface area contributed by atoms with Crippen molar-refractivity contribution in [1.29, 1.82) is 0 Å². The average Bonchev–Trinajstić information content (AvgIpc) is 2.58. The Hall–Kier alpha value is -2.29. The largest absolute Gasteiger partial charge is 0.353 e. The molecular weight excluding hydrogens is 298 g/mol. The fraction of sp³-hybridized carbons (Fsp3) is 0.643. The van der Waals surface area contributed by atoms with Crippen molar-refractivity contribution in [3.63, 3.8) is 0 Å². The van der Waals surface area contributed by atoms with Gasteiger partial charge in [-0.1, -0.05) is 13.8 Å². The molecule has 0 aliphatic rings.